The predicted molar refractivity (Wildman–Crippen MR) is 121 cm³/mol. The number of amides is 1. The zero-order chi connectivity index (χ0) is 20.8. The Bertz CT molecular complexity index is 1250. The molecule has 0 aliphatic heterocycles. The number of furan rings is 1. The number of fused-ring (bicyclic) bond motifs is 1. The Kier molecular flexibility index (Phi) is 4.74. The Hall–Kier alpha value is -2.86. The second-order valence-corrected chi connectivity index (χ2v) is 8.57. The van der Waals surface area contributed by atoms with Gasteiger partial charge in [0.1, 0.15) is 22.9 Å². The topological polar surface area (TPSA) is 74.0 Å². The van der Waals surface area contributed by atoms with Crippen LogP contribution in [0.5, 0.6) is 0 Å². The van der Waals surface area contributed by atoms with Crippen molar-refractivity contribution >= 4 is 32.8 Å². The summed E-state index contributed by atoms with van der Waals surface area (Å²) in [6, 6.07) is 16.2. The van der Waals surface area contributed by atoms with Crippen LogP contribution >= 0.6 is 15.9 Å². The van der Waals surface area contributed by atoms with Crippen LogP contribution in [0.15, 0.2) is 57.4 Å². The summed E-state index contributed by atoms with van der Waals surface area (Å²) >= 11 is 3.72. The normalized spacial score (nSPS) is 13.8. The van der Waals surface area contributed by atoms with Crippen molar-refractivity contribution in [3.8, 4) is 11.3 Å². The molecule has 2 aromatic heterocycles. The first-order chi connectivity index (χ1) is 14.6. The number of nitrogens with two attached hydrogens (primary N) is 1. The molecule has 5 nitrogen and oxygen atoms in total. The van der Waals surface area contributed by atoms with Crippen LogP contribution in [0.2, 0.25) is 0 Å². The quantitative estimate of drug-likeness (QED) is 0.401. The van der Waals surface area contributed by atoms with E-state index in [-0.39, 0.29) is 0 Å². The largest absolute Gasteiger partial charge is 0.455 e. The first-order valence-electron chi connectivity index (χ1n) is 10.2. The molecule has 0 atom stereocenters. The smallest absolute Gasteiger partial charge is 0.267 e. The maximum atomic E-state index is 12.3. The standard InChI is InChI=1S/C24H22BrN3O2/c1-2-19-27-21(15-9-10-15)22(24(26)29)28(19)13-14-8-11-18-17(12-14)20(25)23(30-18)16-6-4-3-5-7-16/h3-8,11-12,15H,2,9-10,13H2,1H3,(H2,26,29). The molecule has 2 heterocycles. The summed E-state index contributed by atoms with van der Waals surface area (Å²) < 4.78 is 9.02. The second kappa shape index (κ2) is 7.43. The monoisotopic (exact) mass is 463 g/mol. The number of hydrogen-bond donors (Lipinski definition) is 1. The van der Waals surface area contributed by atoms with Gasteiger partial charge in [-0.15, -0.1) is 0 Å². The highest BCUT2D eigenvalue weighted by atomic mass is 79.9. The molecule has 0 unspecified atom stereocenters. The highest BCUT2D eigenvalue weighted by Crippen LogP contribution is 2.42. The van der Waals surface area contributed by atoms with Crippen LogP contribution in [0.1, 0.15) is 53.3 Å². The summed E-state index contributed by atoms with van der Waals surface area (Å²) in [4.78, 5) is 17.0. The van der Waals surface area contributed by atoms with E-state index in [2.05, 4.69) is 28.9 Å². The number of halogens is 1. The third-order valence-electron chi connectivity index (χ3n) is 5.66. The van der Waals surface area contributed by atoms with E-state index < -0.39 is 5.91 Å². The average molecular weight is 464 g/mol. The van der Waals surface area contributed by atoms with E-state index in [0.717, 1.165) is 63.1 Å². The van der Waals surface area contributed by atoms with Gasteiger partial charge in [0.25, 0.3) is 5.91 Å². The third-order valence-corrected chi connectivity index (χ3v) is 6.44. The van der Waals surface area contributed by atoms with Gasteiger partial charge in [0, 0.05) is 29.8 Å². The van der Waals surface area contributed by atoms with Gasteiger partial charge in [-0.1, -0.05) is 43.3 Å². The molecular weight excluding hydrogens is 442 g/mol. The van der Waals surface area contributed by atoms with Crippen LogP contribution in [-0.2, 0) is 13.0 Å². The van der Waals surface area contributed by atoms with Crippen molar-refractivity contribution in [2.75, 3.05) is 0 Å². The van der Waals surface area contributed by atoms with Crippen LogP contribution in [-0.4, -0.2) is 15.5 Å². The summed E-state index contributed by atoms with van der Waals surface area (Å²) in [5, 5.41) is 1.01. The van der Waals surface area contributed by atoms with Gasteiger partial charge >= 0.3 is 0 Å². The number of primary amides is 1. The van der Waals surface area contributed by atoms with Crippen molar-refractivity contribution < 1.29 is 9.21 Å². The molecule has 0 spiro atoms. The Balaban J connectivity index is 1.57. The van der Waals surface area contributed by atoms with Gasteiger partial charge in [0.2, 0.25) is 0 Å². The van der Waals surface area contributed by atoms with Crippen molar-refractivity contribution in [1.29, 1.82) is 0 Å². The molecule has 0 saturated heterocycles. The van der Waals surface area contributed by atoms with E-state index in [1.54, 1.807) is 0 Å². The lowest BCUT2D eigenvalue weighted by Gasteiger charge is -2.10. The molecule has 2 N–H and O–H groups in total. The van der Waals surface area contributed by atoms with Crippen molar-refractivity contribution in [3.05, 3.63) is 75.8 Å². The average Bonchev–Trinajstić information content (AvgIpc) is 3.46. The van der Waals surface area contributed by atoms with Gasteiger partial charge in [-0.05, 0) is 46.5 Å². The molecule has 1 amide bonds. The fourth-order valence-electron chi connectivity index (χ4n) is 4.03. The maximum absolute atomic E-state index is 12.3. The predicted octanol–water partition coefficient (Wildman–Crippen LogP) is 5.65. The maximum Gasteiger partial charge on any atom is 0.267 e. The number of rotatable bonds is 6. The lowest BCUT2D eigenvalue weighted by molar-refractivity contribution is 0.0990. The number of aryl methyl sites for hydroxylation is 1. The molecule has 152 valence electrons. The van der Waals surface area contributed by atoms with Gasteiger partial charge in [-0.3, -0.25) is 4.79 Å². The van der Waals surface area contributed by atoms with Gasteiger partial charge < -0.3 is 14.7 Å². The second-order valence-electron chi connectivity index (χ2n) is 7.78. The number of carbonyl (C=O) groups is 1. The van der Waals surface area contributed by atoms with E-state index in [1.165, 1.54) is 0 Å². The molecule has 1 saturated carbocycles. The summed E-state index contributed by atoms with van der Waals surface area (Å²) in [5.74, 6) is 1.69. The lowest BCUT2D eigenvalue weighted by Crippen LogP contribution is -2.20. The molecule has 6 heteroatoms. The van der Waals surface area contributed by atoms with Crippen LogP contribution in [0.4, 0.5) is 0 Å². The van der Waals surface area contributed by atoms with Crippen LogP contribution in [0.3, 0.4) is 0 Å². The fraction of sp³-hybridized carbons (Fsp3) is 0.250. The molecule has 5 rings (SSSR count). The number of hydrogen-bond acceptors (Lipinski definition) is 3. The van der Waals surface area contributed by atoms with E-state index in [4.69, 9.17) is 15.1 Å². The molecule has 4 aromatic rings. The molecular formula is C24H22BrN3O2. The van der Waals surface area contributed by atoms with E-state index in [0.29, 0.717) is 18.2 Å². The van der Waals surface area contributed by atoms with Gasteiger partial charge in [0.05, 0.1) is 10.2 Å². The molecule has 1 fully saturated rings. The summed E-state index contributed by atoms with van der Waals surface area (Å²) in [5.41, 5.74) is 10.1. The SMILES string of the molecule is CCc1nc(C2CC2)c(C(N)=O)n1Cc1ccc2oc(-c3ccccc3)c(Br)c2c1. The van der Waals surface area contributed by atoms with Crippen molar-refractivity contribution in [2.45, 2.75) is 38.6 Å². The molecule has 2 aromatic carbocycles. The van der Waals surface area contributed by atoms with Gasteiger partial charge in [-0.2, -0.15) is 0 Å². The van der Waals surface area contributed by atoms with E-state index in [9.17, 15) is 4.79 Å². The zero-order valence-electron chi connectivity index (χ0n) is 16.7. The van der Waals surface area contributed by atoms with Crippen LogP contribution in [0, 0.1) is 0 Å². The first-order valence-corrected chi connectivity index (χ1v) is 11.0. The summed E-state index contributed by atoms with van der Waals surface area (Å²) in [6.07, 6.45) is 2.91. The highest BCUT2D eigenvalue weighted by molar-refractivity contribution is 9.10. The van der Waals surface area contributed by atoms with Crippen LogP contribution in [0.25, 0.3) is 22.3 Å². The molecule has 1 aliphatic carbocycles. The van der Waals surface area contributed by atoms with Gasteiger partial charge in [-0.25, -0.2) is 4.98 Å². The number of imidazole rings is 1. The van der Waals surface area contributed by atoms with Crippen LogP contribution < -0.4 is 5.73 Å². The first kappa shape index (κ1) is 19.1. The number of aromatic nitrogens is 2. The fourth-order valence-corrected chi connectivity index (χ4v) is 4.65. The number of carbonyl (C=O) groups excluding carboxylic acids is 1. The lowest BCUT2D eigenvalue weighted by atomic mass is 10.1. The van der Waals surface area contributed by atoms with Gasteiger partial charge in [0.15, 0.2) is 0 Å². The number of benzene rings is 2. The molecule has 0 bridgehead atoms. The molecule has 1 aliphatic rings. The minimum absolute atomic E-state index is 0.373. The Morgan fingerprint density at radius 1 is 1.23 bits per heavy atom. The molecule has 30 heavy (non-hydrogen) atoms. The summed E-state index contributed by atoms with van der Waals surface area (Å²) in [7, 11) is 0. The minimum Gasteiger partial charge on any atom is -0.455 e. The van der Waals surface area contributed by atoms with E-state index in [1.807, 2.05) is 47.0 Å². The Labute approximate surface area is 183 Å². The Morgan fingerprint density at radius 3 is 2.67 bits per heavy atom. The third kappa shape index (κ3) is 3.25. The van der Waals surface area contributed by atoms with Crippen molar-refractivity contribution in [3.63, 3.8) is 0 Å². The van der Waals surface area contributed by atoms with E-state index >= 15 is 0 Å². The summed E-state index contributed by atoms with van der Waals surface area (Å²) in [6.45, 7) is 2.61. The minimum atomic E-state index is -0.402. The van der Waals surface area contributed by atoms with Crippen molar-refractivity contribution in [1.82, 2.24) is 9.55 Å². The highest BCUT2D eigenvalue weighted by Gasteiger charge is 2.33. The zero-order valence-corrected chi connectivity index (χ0v) is 18.3. The van der Waals surface area contributed by atoms with Crippen molar-refractivity contribution in [2.24, 2.45) is 5.73 Å². The molecule has 0 radical (unpaired) electrons. The Morgan fingerprint density at radius 2 is 2.00 bits per heavy atom. The number of nitrogens with zero attached hydrogens (tertiary/aromatic N) is 2.